The molecule has 2 aliphatic carbocycles. The van der Waals surface area contributed by atoms with Gasteiger partial charge in [0.2, 0.25) is 0 Å². The van der Waals surface area contributed by atoms with E-state index in [1.165, 1.54) is 18.6 Å². The van der Waals surface area contributed by atoms with Crippen LogP contribution in [0.1, 0.15) is 46.5 Å². The molecule has 0 heterocycles. The van der Waals surface area contributed by atoms with Gasteiger partial charge in [0.25, 0.3) is 0 Å². The molecule has 2 aliphatic rings. The second-order valence-corrected chi connectivity index (χ2v) is 5.77. The molecule has 0 aromatic heterocycles. The first-order valence-corrected chi connectivity index (χ1v) is 6.08. The van der Waals surface area contributed by atoms with Crippen LogP contribution in [0.2, 0.25) is 0 Å². The van der Waals surface area contributed by atoms with Crippen molar-refractivity contribution >= 4 is 5.71 Å². The molecule has 16 heavy (non-hydrogen) atoms. The Morgan fingerprint density at radius 3 is 2.75 bits per heavy atom. The number of fused-ring (bicyclic) bond motifs is 2. The Kier molecular flexibility index (Phi) is 2.69. The van der Waals surface area contributed by atoms with E-state index >= 15 is 0 Å². The number of nitrogens with zero attached hydrogens (tertiary/aromatic N) is 2. The third-order valence-electron chi connectivity index (χ3n) is 4.99. The highest BCUT2D eigenvalue weighted by atomic mass is 16.6. The molecule has 0 N–H and O–H groups in total. The molecule has 3 heteroatoms. The lowest BCUT2D eigenvalue weighted by Crippen LogP contribution is -2.32. The van der Waals surface area contributed by atoms with Crippen LogP contribution in [0.3, 0.4) is 0 Å². The van der Waals surface area contributed by atoms with Crippen LogP contribution < -0.4 is 0 Å². The smallest absolute Gasteiger partial charge is 0.130 e. The summed E-state index contributed by atoms with van der Waals surface area (Å²) in [7, 11) is 0. The van der Waals surface area contributed by atoms with Crippen molar-refractivity contribution in [3.8, 4) is 6.07 Å². The highest BCUT2D eigenvalue weighted by Crippen LogP contribution is 2.63. The fraction of sp³-hybridized carbons (Fsp3) is 0.846. The predicted octanol–water partition coefficient (Wildman–Crippen LogP) is 3.12. The highest BCUT2D eigenvalue weighted by molar-refractivity contribution is 5.93. The summed E-state index contributed by atoms with van der Waals surface area (Å²) in [5.74, 6) is 0.760. The van der Waals surface area contributed by atoms with Gasteiger partial charge in [-0.05, 0) is 30.6 Å². The third-order valence-corrected chi connectivity index (χ3v) is 4.99. The second kappa shape index (κ2) is 3.76. The summed E-state index contributed by atoms with van der Waals surface area (Å²) in [4.78, 5) is 5.23. The molecule has 2 atom stereocenters. The van der Waals surface area contributed by atoms with E-state index in [4.69, 9.17) is 10.1 Å². The van der Waals surface area contributed by atoms with Gasteiger partial charge in [0, 0.05) is 5.41 Å². The van der Waals surface area contributed by atoms with Crippen molar-refractivity contribution in [2.45, 2.75) is 46.5 Å². The van der Waals surface area contributed by atoms with Crippen LogP contribution in [0.5, 0.6) is 0 Å². The van der Waals surface area contributed by atoms with Crippen LogP contribution in [0.25, 0.3) is 0 Å². The molecule has 0 aromatic carbocycles. The normalized spacial score (nSPS) is 37.6. The van der Waals surface area contributed by atoms with Gasteiger partial charge in [-0.2, -0.15) is 5.26 Å². The van der Waals surface area contributed by atoms with Crippen LogP contribution in [-0.2, 0) is 4.84 Å². The first kappa shape index (κ1) is 11.4. The lowest BCUT2D eigenvalue weighted by molar-refractivity contribution is 0.141. The summed E-state index contributed by atoms with van der Waals surface area (Å²) < 4.78 is 0. The van der Waals surface area contributed by atoms with E-state index in [2.05, 4.69) is 32.0 Å². The van der Waals surface area contributed by atoms with Gasteiger partial charge in [-0.25, -0.2) is 0 Å². The van der Waals surface area contributed by atoms with Crippen molar-refractivity contribution in [2.75, 3.05) is 6.61 Å². The van der Waals surface area contributed by atoms with E-state index in [0.29, 0.717) is 18.4 Å². The van der Waals surface area contributed by atoms with Crippen molar-refractivity contribution in [3.05, 3.63) is 0 Å². The van der Waals surface area contributed by atoms with Gasteiger partial charge in [-0.3, -0.25) is 0 Å². The van der Waals surface area contributed by atoms with E-state index in [1.807, 2.05) is 0 Å². The number of oxime groups is 1. The molecular weight excluding hydrogens is 200 g/mol. The Hall–Kier alpha value is -1.04. The number of hydrogen-bond donors (Lipinski definition) is 0. The van der Waals surface area contributed by atoms with Crippen LogP contribution in [0.4, 0.5) is 0 Å². The minimum atomic E-state index is 0.213. The van der Waals surface area contributed by atoms with Crippen LogP contribution in [0, 0.1) is 28.1 Å². The molecule has 0 radical (unpaired) electrons. The van der Waals surface area contributed by atoms with E-state index in [-0.39, 0.29) is 5.41 Å². The Morgan fingerprint density at radius 2 is 2.25 bits per heavy atom. The van der Waals surface area contributed by atoms with Crippen LogP contribution >= 0.6 is 0 Å². The molecule has 0 aliphatic heterocycles. The highest BCUT2D eigenvalue weighted by Gasteiger charge is 2.60. The molecule has 0 saturated heterocycles. The molecule has 0 spiro atoms. The van der Waals surface area contributed by atoms with E-state index in [9.17, 15) is 0 Å². The first-order valence-electron chi connectivity index (χ1n) is 6.08. The zero-order valence-corrected chi connectivity index (χ0v) is 10.4. The molecule has 0 aromatic rings. The van der Waals surface area contributed by atoms with Gasteiger partial charge in [-0.15, -0.1) is 0 Å². The predicted molar refractivity (Wildman–Crippen MR) is 62.8 cm³/mol. The van der Waals surface area contributed by atoms with Gasteiger partial charge in [0.15, 0.2) is 0 Å². The molecule has 2 bridgehead atoms. The largest absolute Gasteiger partial charge is 0.395 e. The van der Waals surface area contributed by atoms with Crippen LogP contribution in [-0.4, -0.2) is 12.3 Å². The van der Waals surface area contributed by atoms with Gasteiger partial charge < -0.3 is 4.84 Å². The minimum absolute atomic E-state index is 0.213. The number of rotatable bonds is 3. The van der Waals surface area contributed by atoms with Gasteiger partial charge in [0.1, 0.15) is 6.61 Å². The number of hydrogen-bond acceptors (Lipinski definition) is 3. The average Bonchev–Trinajstić information content (AvgIpc) is 2.57. The second-order valence-electron chi connectivity index (χ2n) is 5.77. The Labute approximate surface area is 97.5 Å². The van der Waals surface area contributed by atoms with E-state index in [1.54, 1.807) is 0 Å². The molecule has 0 amide bonds. The van der Waals surface area contributed by atoms with Crippen molar-refractivity contribution in [2.24, 2.45) is 21.9 Å². The monoisotopic (exact) mass is 220 g/mol. The van der Waals surface area contributed by atoms with Gasteiger partial charge >= 0.3 is 0 Å². The zero-order chi connectivity index (χ0) is 11.8. The van der Waals surface area contributed by atoms with Crippen molar-refractivity contribution < 1.29 is 4.84 Å². The Morgan fingerprint density at radius 1 is 1.50 bits per heavy atom. The van der Waals surface area contributed by atoms with Gasteiger partial charge in [0.05, 0.1) is 18.2 Å². The van der Waals surface area contributed by atoms with Crippen LogP contribution in [0.15, 0.2) is 5.16 Å². The standard InChI is InChI=1S/C13H20N2O/c1-12(2)10-5-6-13(12,3)11(9-10)15-16-8-4-7-14/h10H,4-6,8-9H2,1-3H3/b15-11+/t10-,13+/m1/s1. The Balaban J connectivity index is 2.07. The van der Waals surface area contributed by atoms with Crippen molar-refractivity contribution in [3.63, 3.8) is 0 Å². The van der Waals surface area contributed by atoms with E-state index < -0.39 is 0 Å². The summed E-state index contributed by atoms with van der Waals surface area (Å²) in [5, 5.41) is 12.7. The lowest BCUT2D eigenvalue weighted by atomic mass is 9.70. The zero-order valence-electron chi connectivity index (χ0n) is 10.4. The SMILES string of the molecule is CC1(C)[C@@H]2CC[C@@]1(C)/C(=N/OCCC#N)C2. The Bertz CT molecular complexity index is 353. The molecule has 3 nitrogen and oxygen atoms in total. The summed E-state index contributed by atoms with van der Waals surface area (Å²) in [6.07, 6.45) is 4.04. The van der Waals surface area contributed by atoms with E-state index in [0.717, 1.165) is 12.3 Å². The maximum Gasteiger partial charge on any atom is 0.130 e. The quantitative estimate of drug-likeness (QED) is 0.542. The first-order chi connectivity index (χ1) is 7.52. The summed E-state index contributed by atoms with van der Waals surface area (Å²) in [5.41, 5.74) is 1.78. The molecule has 88 valence electrons. The fourth-order valence-electron chi connectivity index (χ4n) is 3.28. The topological polar surface area (TPSA) is 45.4 Å². The third kappa shape index (κ3) is 1.43. The molecule has 2 rings (SSSR count). The minimum Gasteiger partial charge on any atom is -0.395 e. The molecular formula is C13H20N2O. The van der Waals surface area contributed by atoms with Crippen molar-refractivity contribution in [1.82, 2.24) is 0 Å². The van der Waals surface area contributed by atoms with Gasteiger partial charge in [-0.1, -0.05) is 25.9 Å². The molecule has 0 unspecified atom stereocenters. The van der Waals surface area contributed by atoms with Crippen molar-refractivity contribution in [1.29, 1.82) is 5.26 Å². The summed E-state index contributed by atoms with van der Waals surface area (Å²) in [6, 6.07) is 2.06. The molecule has 2 fully saturated rings. The summed E-state index contributed by atoms with van der Waals surface area (Å²) >= 11 is 0. The maximum absolute atomic E-state index is 8.42. The average molecular weight is 220 g/mol. The number of nitriles is 1. The fourth-order valence-corrected chi connectivity index (χ4v) is 3.28. The molecule has 2 saturated carbocycles. The lowest BCUT2D eigenvalue weighted by Gasteiger charge is -2.34. The summed E-state index contributed by atoms with van der Waals surface area (Å²) in [6.45, 7) is 7.43. The maximum atomic E-state index is 8.42.